The Morgan fingerprint density at radius 2 is 1.92 bits per heavy atom. The Labute approximate surface area is 80.9 Å². The molecule has 0 aliphatic heterocycles. The molecule has 0 radical (unpaired) electrons. The van der Waals surface area contributed by atoms with Crippen LogP contribution in [0.4, 0.5) is 0 Å². The summed E-state index contributed by atoms with van der Waals surface area (Å²) < 4.78 is 0. The first-order valence-corrected chi connectivity index (χ1v) is 6.27. The molecule has 0 aliphatic carbocycles. The van der Waals surface area contributed by atoms with Gasteiger partial charge in [-0.15, -0.1) is 0 Å². The second-order valence-electron chi connectivity index (χ2n) is 3.22. The Kier molecular flexibility index (Phi) is 9.64. The second kappa shape index (κ2) is 9.40. The number of aliphatic hydroxyl groups is 1. The largest absolute Gasteiger partial charge is 0.396 e. The van der Waals surface area contributed by atoms with Crippen molar-refractivity contribution in [3.63, 3.8) is 0 Å². The first-order chi connectivity index (χ1) is 5.85. The maximum atomic E-state index is 8.59. The van der Waals surface area contributed by atoms with Crippen molar-refractivity contribution in [3.05, 3.63) is 0 Å². The second-order valence-corrected chi connectivity index (χ2v) is 4.36. The summed E-state index contributed by atoms with van der Waals surface area (Å²) in [7, 11) is 0. The standard InChI is InChI=1S/C10H22OS/c1-3-7-10(12-2)8-5-4-6-9-11/h10-11H,3-9H2,1-2H3. The van der Waals surface area contributed by atoms with Crippen molar-refractivity contribution in [2.24, 2.45) is 0 Å². The van der Waals surface area contributed by atoms with Gasteiger partial charge in [-0.1, -0.05) is 26.2 Å². The van der Waals surface area contributed by atoms with Crippen LogP contribution in [0.15, 0.2) is 0 Å². The molecular formula is C10H22OS. The van der Waals surface area contributed by atoms with E-state index in [0.717, 1.165) is 11.7 Å². The van der Waals surface area contributed by atoms with Crippen LogP contribution in [0.3, 0.4) is 0 Å². The lowest BCUT2D eigenvalue weighted by atomic mass is 10.1. The molecule has 2 heteroatoms. The molecule has 0 rings (SSSR count). The first kappa shape index (κ1) is 12.3. The highest BCUT2D eigenvalue weighted by Crippen LogP contribution is 2.19. The van der Waals surface area contributed by atoms with Gasteiger partial charge in [-0.3, -0.25) is 0 Å². The Bertz CT molecular complexity index is 85.9. The van der Waals surface area contributed by atoms with Gasteiger partial charge >= 0.3 is 0 Å². The van der Waals surface area contributed by atoms with Crippen LogP contribution in [-0.4, -0.2) is 23.2 Å². The van der Waals surface area contributed by atoms with E-state index < -0.39 is 0 Å². The average molecular weight is 190 g/mol. The van der Waals surface area contributed by atoms with Crippen molar-refractivity contribution in [1.29, 1.82) is 0 Å². The molecule has 0 amide bonds. The summed E-state index contributed by atoms with van der Waals surface area (Å²) in [5.74, 6) is 0. The van der Waals surface area contributed by atoms with E-state index in [9.17, 15) is 0 Å². The molecule has 0 heterocycles. The Morgan fingerprint density at radius 1 is 1.17 bits per heavy atom. The van der Waals surface area contributed by atoms with Crippen LogP contribution in [0.5, 0.6) is 0 Å². The van der Waals surface area contributed by atoms with E-state index in [1.54, 1.807) is 0 Å². The van der Waals surface area contributed by atoms with Crippen LogP contribution in [0.2, 0.25) is 0 Å². The maximum Gasteiger partial charge on any atom is 0.0431 e. The van der Waals surface area contributed by atoms with Crippen molar-refractivity contribution in [2.75, 3.05) is 12.9 Å². The molecule has 1 N–H and O–H groups in total. The molecular weight excluding hydrogens is 168 g/mol. The summed E-state index contributed by atoms with van der Waals surface area (Å²) in [6.07, 6.45) is 9.63. The lowest BCUT2D eigenvalue weighted by Crippen LogP contribution is -2.01. The minimum absolute atomic E-state index is 0.359. The summed E-state index contributed by atoms with van der Waals surface area (Å²) in [5, 5.41) is 9.44. The lowest BCUT2D eigenvalue weighted by molar-refractivity contribution is 0.282. The van der Waals surface area contributed by atoms with Crippen molar-refractivity contribution in [1.82, 2.24) is 0 Å². The van der Waals surface area contributed by atoms with Gasteiger partial charge in [0.1, 0.15) is 0 Å². The molecule has 74 valence electrons. The van der Waals surface area contributed by atoms with Gasteiger partial charge in [0.15, 0.2) is 0 Å². The van der Waals surface area contributed by atoms with Gasteiger partial charge in [0, 0.05) is 11.9 Å². The first-order valence-electron chi connectivity index (χ1n) is 4.98. The SMILES string of the molecule is CCCC(CCCCCO)SC. The molecule has 0 spiro atoms. The molecule has 1 atom stereocenters. The van der Waals surface area contributed by atoms with Gasteiger partial charge in [0.25, 0.3) is 0 Å². The highest BCUT2D eigenvalue weighted by molar-refractivity contribution is 7.99. The van der Waals surface area contributed by atoms with E-state index in [-0.39, 0.29) is 0 Å². The number of hydrogen-bond acceptors (Lipinski definition) is 2. The topological polar surface area (TPSA) is 20.2 Å². The van der Waals surface area contributed by atoms with Gasteiger partial charge in [0.05, 0.1) is 0 Å². The van der Waals surface area contributed by atoms with Gasteiger partial charge in [-0.2, -0.15) is 11.8 Å². The molecule has 12 heavy (non-hydrogen) atoms. The molecule has 1 nitrogen and oxygen atoms in total. The third-order valence-corrected chi connectivity index (χ3v) is 3.27. The third kappa shape index (κ3) is 6.99. The van der Waals surface area contributed by atoms with Crippen LogP contribution in [-0.2, 0) is 0 Å². The quantitative estimate of drug-likeness (QED) is 0.594. The van der Waals surface area contributed by atoms with Gasteiger partial charge < -0.3 is 5.11 Å². The molecule has 0 bridgehead atoms. The third-order valence-electron chi connectivity index (χ3n) is 2.13. The van der Waals surface area contributed by atoms with Crippen molar-refractivity contribution in [3.8, 4) is 0 Å². The minimum Gasteiger partial charge on any atom is -0.396 e. The zero-order valence-corrected chi connectivity index (χ0v) is 9.20. The van der Waals surface area contributed by atoms with Gasteiger partial charge in [-0.25, -0.2) is 0 Å². The molecule has 1 unspecified atom stereocenters. The zero-order valence-electron chi connectivity index (χ0n) is 8.38. The molecule has 0 aliphatic rings. The normalized spacial score (nSPS) is 13.2. The fourth-order valence-corrected chi connectivity index (χ4v) is 2.24. The molecule has 0 saturated heterocycles. The fourth-order valence-electron chi connectivity index (χ4n) is 1.36. The van der Waals surface area contributed by atoms with Gasteiger partial charge in [-0.05, 0) is 25.5 Å². The van der Waals surface area contributed by atoms with Crippen molar-refractivity contribution < 1.29 is 5.11 Å². The highest BCUT2D eigenvalue weighted by Gasteiger charge is 2.04. The van der Waals surface area contributed by atoms with Gasteiger partial charge in [0.2, 0.25) is 0 Å². The molecule has 0 aromatic rings. The summed E-state index contributed by atoms with van der Waals surface area (Å²) in [4.78, 5) is 0. The molecule has 0 aromatic carbocycles. The Morgan fingerprint density at radius 3 is 2.42 bits per heavy atom. The summed E-state index contributed by atoms with van der Waals surface area (Å²) in [6.45, 7) is 2.61. The van der Waals surface area contributed by atoms with Crippen molar-refractivity contribution >= 4 is 11.8 Å². The maximum absolute atomic E-state index is 8.59. The number of hydrogen-bond donors (Lipinski definition) is 1. The smallest absolute Gasteiger partial charge is 0.0431 e. The number of aliphatic hydroxyl groups excluding tert-OH is 1. The number of unbranched alkanes of at least 4 members (excludes halogenated alkanes) is 2. The van der Waals surface area contributed by atoms with Crippen LogP contribution < -0.4 is 0 Å². The summed E-state index contributed by atoms with van der Waals surface area (Å²) in [5.41, 5.74) is 0. The van der Waals surface area contributed by atoms with E-state index in [0.29, 0.717) is 6.61 Å². The van der Waals surface area contributed by atoms with E-state index in [1.165, 1.54) is 32.1 Å². The van der Waals surface area contributed by atoms with Crippen LogP contribution >= 0.6 is 11.8 Å². The Hall–Kier alpha value is 0.310. The number of rotatable bonds is 8. The predicted molar refractivity (Wildman–Crippen MR) is 57.8 cm³/mol. The zero-order chi connectivity index (χ0) is 9.23. The highest BCUT2D eigenvalue weighted by atomic mass is 32.2. The van der Waals surface area contributed by atoms with E-state index in [1.807, 2.05) is 11.8 Å². The van der Waals surface area contributed by atoms with E-state index in [4.69, 9.17) is 5.11 Å². The van der Waals surface area contributed by atoms with E-state index >= 15 is 0 Å². The number of thioether (sulfide) groups is 1. The summed E-state index contributed by atoms with van der Waals surface area (Å²) in [6, 6.07) is 0. The summed E-state index contributed by atoms with van der Waals surface area (Å²) >= 11 is 1.99. The van der Waals surface area contributed by atoms with Crippen LogP contribution in [0.25, 0.3) is 0 Å². The van der Waals surface area contributed by atoms with Crippen LogP contribution in [0.1, 0.15) is 45.4 Å². The van der Waals surface area contributed by atoms with Crippen molar-refractivity contribution in [2.45, 2.75) is 50.7 Å². The monoisotopic (exact) mass is 190 g/mol. The Balaban J connectivity index is 3.19. The van der Waals surface area contributed by atoms with Crippen LogP contribution in [0, 0.1) is 0 Å². The lowest BCUT2D eigenvalue weighted by Gasteiger charge is -2.12. The average Bonchev–Trinajstić information content (AvgIpc) is 2.10. The molecule has 0 saturated carbocycles. The van der Waals surface area contributed by atoms with E-state index in [2.05, 4.69) is 13.2 Å². The molecule has 0 aromatic heterocycles. The predicted octanol–water partition coefficient (Wildman–Crippen LogP) is 3.07. The fraction of sp³-hybridized carbons (Fsp3) is 1.00. The minimum atomic E-state index is 0.359. The molecule has 0 fully saturated rings.